The van der Waals surface area contributed by atoms with E-state index < -0.39 is 11.0 Å². The van der Waals surface area contributed by atoms with Gasteiger partial charge in [0.1, 0.15) is 17.8 Å². The van der Waals surface area contributed by atoms with Crippen molar-refractivity contribution in [2.24, 2.45) is 0 Å². The molecular weight excluding hydrogens is 444 g/mol. The topological polar surface area (TPSA) is 126 Å². The van der Waals surface area contributed by atoms with Crippen LogP contribution in [0.25, 0.3) is 22.6 Å². The number of hydrogen-bond acceptors (Lipinski definition) is 8. The average molecular weight is 470 g/mol. The summed E-state index contributed by atoms with van der Waals surface area (Å²) < 4.78 is 0. The lowest BCUT2D eigenvalue weighted by atomic mass is 10.0. The molecule has 1 aromatic carbocycles. The van der Waals surface area contributed by atoms with Crippen molar-refractivity contribution in [3.8, 4) is 22.6 Å². The van der Waals surface area contributed by atoms with Gasteiger partial charge in [-0.1, -0.05) is 12.1 Å². The van der Waals surface area contributed by atoms with Gasteiger partial charge in [-0.2, -0.15) is 0 Å². The first-order chi connectivity index (χ1) is 17.1. The zero-order valence-corrected chi connectivity index (χ0v) is 19.1. The molecule has 1 saturated heterocycles. The van der Waals surface area contributed by atoms with E-state index in [4.69, 9.17) is 4.98 Å². The number of H-pyrrole nitrogens is 1. The van der Waals surface area contributed by atoms with Crippen LogP contribution >= 0.6 is 0 Å². The molecule has 1 unspecified atom stereocenters. The molecule has 1 aliphatic heterocycles. The summed E-state index contributed by atoms with van der Waals surface area (Å²) in [6.07, 6.45) is 10.1. The highest BCUT2D eigenvalue weighted by Crippen LogP contribution is 2.31. The number of aromatic amines is 1. The molecule has 1 aliphatic rings. The normalized spacial score (nSPS) is 14.5. The first kappa shape index (κ1) is 22.5. The van der Waals surface area contributed by atoms with Gasteiger partial charge in [0.05, 0.1) is 22.2 Å². The van der Waals surface area contributed by atoms with Gasteiger partial charge in [-0.05, 0) is 44.4 Å². The Morgan fingerprint density at radius 1 is 1.03 bits per heavy atom. The van der Waals surface area contributed by atoms with Crippen molar-refractivity contribution >= 4 is 17.2 Å². The van der Waals surface area contributed by atoms with E-state index in [2.05, 4.69) is 61.3 Å². The molecule has 3 aromatic heterocycles. The second-order valence-corrected chi connectivity index (χ2v) is 8.38. The Kier molecular flexibility index (Phi) is 6.34. The molecular formula is C25H25N8O2. The lowest BCUT2D eigenvalue weighted by Crippen LogP contribution is -2.29. The van der Waals surface area contributed by atoms with Crippen molar-refractivity contribution in [1.82, 2.24) is 24.9 Å². The van der Waals surface area contributed by atoms with Crippen molar-refractivity contribution in [2.45, 2.75) is 25.3 Å². The number of imidazole rings is 1. The minimum absolute atomic E-state index is 0.0782. The number of rotatable bonds is 7. The molecule has 10 nitrogen and oxygen atoms in total. The van der Waals surface area contributed by atoms with Crippen molar-refractivity contribution in [3.05, 3.63) is 84.0 Å². The first-order valence-electron chi connectivity index (χ1n) is 11.5. The SMILES string of the molecule is [CH2]C(Nc1ccc([N+](=O)[O-])cn1)c1ncc(-c2ncc[nH]2)c(-c2ccc(N3CCCCC3)cc2)n1. The number of nitrogens with one attached hydrogen (secondary N) is 2. The highest BCUT2D eigenvalue weighted by molar-refractivity contribution is 5.77. The number of nitrogens with zero attached hydrogens (tertiary/aromatic N) is 6. The number of nitro groups is 1. The van der Waals surface area contributed by atoms with Gasteiger partial charge < -0.3 is 15.2 Å². The Morgan fingerprint density at radius 3 is 2.49 bits per heavy atom. The molecule has 4 heterocycles. The molecule has 1 fully saturated rings. The van der Waals surface area contributed by atoms with Crippen molar-refractivity contribution in [1.29, 1.82) is 0 Å². The van der Waals surface area contributed by atoms with Crippen LogP contribution in [0.15, 0.2) is 61.2 Å². The van der Waals surface area contributed by atoms with Crippen LogP contribution in [-0.2, 0) is 0 Å². The van der Waals surface area contributed by atoms with Crippen LogP contribution in [-0.4, -0.2) is 42.9 Å². The standard InChI is InChI=1S/C25H25N8O2/c1-17(30-22-10-9-20(15-28-22)33(34)35)24-29-16-21(25-26-11-12-27-25)23(31-24)18-5-7-19(8-6-18)32-13-3-2-4-14-32/h5-12,15-17H,1-4,13-14H2,(H,26,27)(H,28,30). The highest BCUT2D eigenvalue weighted by Gasteiger charge is 2.18. The average Bonchev–Trinajstić information content (AvgIpc) is 3.44. The maximum atomic E-state index is 10.9. The van der Waals surface area contributed by atoms with E-state index in [1.807, 2.05) is 0 Å². The smallest absolute Gasteiger partial charge is 0.287 e. The molecule has 35 heavy (non-hydrogen) atoms. The zero-order valence-electron chi connectivity index (χ0n) is 19.1. The third kappa shape index (κ3) is 4.96. The van der Waals surface area contributed by atoms with E-state index >= 15 is 0 Å². The summed E-state index contributed by atoms with van der Waals surface area (Å²) in [5, 5.41) is 14.0. The Morgan fingerprint density at radius 2 is 1.83 bits per heavy atom. The summed E-state index contributed by atoms with van der Waals surface area (Å²) in [5.74, 6) is 1.59. The molecule has 0 aliphatic carbocycles. The van der Waals surface area contributed by atoms with Gasteiger partial charge >= 0.3 is 0 Å². The van der Waals surface area contributed by atoms with Crippen LogP contribution in [0, 0.1) is 17.0 Å². The quantitative estimate of drug-likeness (QED) is 0.292. The van der Waals surface area contributed by atoms with E-state index in [-0.39, 0.29) is 5.69 Å². The molecule has 1 radical (unpaired) electrons. The van der Waals surface area contributed by atoms with E-state index in [0.717, 1.165) is 29.9 Å². The zero-order chi connectivity index (χ0) is 24.2. The Bertz CT molecular complexity index is 1280. The van der Waals surface area contributed by atoms with Gasteiger partial charge in [-0.3, -0.25) is 10.1 Å². The third-order valence-electron chi connectivity index (χ3n) is 6.02. The van der Waals surface area contributed by atoms with Gasteiger partial charge in [-0.15, -0.1) is 0 Å². The molecule has 10 heteroatoms. The predicted molar refractivity (Wildman–Crippen MR) is 134 cm³/mol. The van der Waals surface area contributed by atoms with Crippen LogP contribution in [0.1, 0.15) is 31.1 Å². The summed E-state index contributed by atoms with van der Waals surface area (Å²) in [7, 11) is 0. The molecule has 2 N–H and O–H groups in total. The summed E-state index contributed by atoms with van der Waals surface area (Å²) >= 11 is 0. The highest BCUT2D eigenvalue weighted by atomic mass is 16.6. The van der Waals surface area contributed by atoms with Crippen molar-refractivity contribution in [2.75, 3.05) is 23.3 Å². The lowest BCUT2D eigenvalue weighted by Gasteiger charge is -2.28. The largest absolute Gasteiger partial charge is 0.372 e. The minimum atomic E-state index is -0.527. The predicted octanol–water partition coefficient (Wildman–Crippen LogP) is 4.81. The van der Waals surface area contributed by atoms with Crippen LogP contribution in [0.3, 0.4) is 0 Å². The lowest BCUT2D eigenvalue weighted by molar-refractivity contribution is -0.385. The number of benzene rings is 1. The summed E-state index contributed by atoms with van der Waals surface area (Å²) in [6.45, 7) is 6.29. The van der Waals surface area contributed by atoms with Gasteiger partial charge in [0.2, 0.25) is 0 Å². The Labute approximate surface area is 202 Å². The fourth-order valence-electron chi connectivity index (χ4n) is 4.17. The van der Waals surface area contributed by atoms with Crippen molar-refractivity contribution in [3.63, 3.8) is 0 Å². The number of piperidine rings is 1. The van der Waals surface area contributed by atoms with Crippen LogP contribution < -0.4 is 10.2 Å². The third-order valence-corrected chi connectivity index (χ3v) is 6.02. The molecule has 0 amide bonds. The Balaban J connectivity index is 1.44. The van der Waals surface area contributed by atoms with E-state index in [9.17, 15) is 10.1 Å². The summed E-state index contributed by atoms with van der Waals surface area (Å²) in [4.78, 5) is 33.8. The van der Waals surface area contributed by atoms with Crippen LogP contribution in [0.4, 0.5) is 17.2 Å². The van der Waals surface area contributed by atoms with Gasteiger partial charge in [-0.25, -0.2) is 19.9 Å². The summed E-state index contributed by atoms with van der Waals surface area (Å²) in [6, 6.07) is 10.8. The van der Waals surface area contributed by atoms with Gasteiger partial charge in [0, 0.05) is 49.0 Å². The number of hydrogen-bond donors (Lipinski definition) is 2. The fourth-order valence-corrected chi connectivity index (χ4v) is 4.17. The van der Waals surface area contributed by atoms with Gasteiger partial charge in [0.15, 0.2) is 5.82 Å². The molecule has 177 valence electrons. The Hall–Kier alpha value is -4.34. The molecule has 0 spiro atoms. The maximum absolute atomic E-state index is 10.9. The van der Waals surface area contributed by atoms with E-state index in [1.54, 1.807) is 18.6 Å². The second-order valence-electron chi connectivity index (χ2n) is 8.38. The second kappa shape index (κ2) is 9.88. The summed E-state index contributed by atoms with van der Waals surface area (Å²) in [5.41, 5.74) is 3.60. The van der Waals surface area contributed by atoms with E-state index in [0.29, 0.717) is 17.5 Å². The van der Waals surface area contributed by atoms with Gasteiger partial charge in [0.25, 0.3) is 5.69 Å². The van der Waals surface area contributed by atoms with Crippen LogP contribution in [0.2, 0.25) is 0 Å². The molecule has 0 saturated carbocycles. The fraction of sp³-hybridized carbons (Fsp3) is 0.240. The first-order valence-corrected chi connectivity index (χ1v) is 11.5. The van der Waals surface area contributed by atoms with Crippen molar-refractivity contribution < 1.29 is 4.92 Å². The monoisotopic (exact) mass is 469 g/mol. The minimum Gasteiger partial charge on any atom is -0.372 e. The maximum Gasteiger partial charge on any atom is 0.287 e. The molecule has 5 rings (SSSR count). The van der Waals surface area contributed by atoms with E-state index in [1.165, 1.54) is 43.3 Å². The number of anilines is 2. The molecule has 0 bridgehead atoms. The number of pyridine rings is 1. The molecule has 4 aromatic rings. The number of aromatic nitrogens is 5. The molecule has 1 atom stereocenters. The van der Waals surface area contributed by atoms with Crippen LogP contribution in [0.5, 0.6) is 0 Å².